The summed E-state index contributed by atoms with van der Waals surface area (Å²) in [4.78, 5) is 14.0. The van der Waals surface area contributed by atoms with E-state index in [0.29, 0.717) is 11.5 Å². The Kier molecular flexibility index (Phi) is 6.06. The Morgan fingerprint density at radius 3 is 2.48 bits per heavy atom. The van der Waals surface area contributed by atoms with E-state index in [4.69, 9.17) is 4.74 Å². The van der Waals surface area contributed by atoms with E-state index in [2.05, 4.69) is 45.4 Å². The first kappa shape index (κ1) is 19.4. The number of rotatable bonds is 6. The second kappa shape index (κ2) is 9.05. The number of aromatic amines is 1. The van der Waals surface area contributed by atoms with Crippen LogP contribution in [0.15, 0.2) is 60.8 Å². The van der Waals surface area contributed by atoms with Crippen molar-refractivity contribution in [3.63, 3.8) is 0 Å². The topological polar surface area (TPSA) is 58.2 Å². The molecule has 5 heteroatoms. The SMILES string of the molecule is COC(=O)c1ccc(CN2CCC(c3[nH]ncc3Cc3ccccc3)CC2)cc1. The number of hydrogen-bond donors (Lipinski definition) is 1. The van der Waals surface area contributed by atoms with Crippen molar-refractivity contribution in [3.8, 4) is 0 Å². The third-order valence-electron chi connectivity index (χ3n) is 5.77. The monoisotopic (exact) mass is 389 g/mol. The summed E-state index contributed by atoms with van der Waals surface area (Å²) < 4.78 is 4.76. The smallest absolute Gasteiger partial charge is 0.337 e. The fourth-order valence-electron chi connectivity index (χ4n) is 4.13. The van der Waals surface area contributed by atoms with Crippen molar-refractivity contribution in [2.75, 3.05) is 20.2 Å². The lowest BCUT2D eigenvalue weighted by atomic mass is 9.89. The van der Waals surface area contributed by atoms with Gasteiger partial charge in [-0.3, -0.25) is 10.00 Å². The average molecular weight is 389 g/mol. The van der Waals surface area contributed by atoms with E-state index >= 15 is 0 Å². The molecular formula is C24H27N3O2. The van der Waals surface area contributed by atoms with E-state index in [1.54, 1.807) is 0 Å². The molecule has 150 valence electrons. The maximum atomic E-state index is 11.6. The number of nitrogens with zero attached hydrogens (tertiary/aromatic N) is 2. The number of likely N-dealkylation sites (tertiary alicyclic amines) is 1. The second-order valence-electron chi connectivity index (χ2n) is 7.71. The first-order valence-corrected chi connectivity index (χ1v) is 10.2. The summed E-state index contributed by atoms with van der Waals surface area (Å²) in [5.41, 5.74) is 5.76. The van der Waals surface area contributed by atoms with Gasteiger partial charge in [-0.25, -0.2) is 4.79 Å². The summed E-state index contributed by atoms with van der Waals surface area (Å²) in [7, 11) is 1.41. The molecule has 4 rings (SSSR count). The molecule has 0 saturated carbocycles. The van der Waals surface area contributed by atoms with Gasteiger partial charge in [0, 0.05) is 24.6 Å². The van der Waals surface area contributed by atoms with Gasteiger partial charge in [0.1, 0.15) is 0 Å². The summed E-state index contributed by atoms with van der Waals surface area (Å²) >= 11 is 0. The number of benzene rings is 2. The number of methoxy groups -OCH3 is 1. The summed E-state index contributed by atoms with van der Waals surface area (Å²) in [6.45, 7) is 3.04. The van der Waals surface area contributed by atoms with Gasteiger partial charge in [-0.1, -0.05) is 42.5 Å². The number of H-pyrrole nitrogens is 1. The van der Waals surface area contributed by atoms with E-state index in [1.165, 1.54) is 29.5 Å². The van der Waals surface area contributed by atoms with Crippen molar-refractivity contribution in [1.29, 1.82) is 0 Å². The largest absolute Gasteiger partial charge is 0.465 e. The van der Waals surface area contributed by atoms with Crippen molar-refractivity contribution in [1.82, 2.24) is 15.1 Å². The van der Waals surface area contributed by atoms with Crippen LogP contribution in [0.4, 0.5) is 0 Å². The van der Waals surface area contributed by atoms with Crippen molar-refractivity contribution in [3.05, 3.63) is 88.7 Å². The van der Waals surface area contributed by atoms with Crippen molar-refractivity contribution >= 4 is 5.97 Å². The maximum absolute atomic E-state index is 11.6. The molecule has 0 amide bonds. The first-order chi connectivity index (χ1) is 14.2. The molecule has 1 fully saturated rings. The first-order valence-electron chi connectivity index (χ1n) is 10.2. The number of ether oxygens (including phenoxy) is 1. The Labute approximate surface area is 171 Å². The van der Waals surface area contributed by atoms with Gasteiger partial charge in [0.2, 0.25) is 0 Å². The zero-order valence-corrected chi connectivity index (χ0v) is 16.8. The van der Waals surface area contributed by atoms with Crippen LogP contribution in [-0.2, 0) is 17.7 Å². The molecule has 1 N–H and O–H groups in total. The predicted octanol–water partition coefficient (Wildman–Crippen LogP) is 4.17. The lowest BCUT2D eigenvalue weighted by Crippen LogP contribution is -2.32. The van der Waals surface area contributed by atoms with Crippen LogP contribution in [0.2, 0.25) is 0 Å². The van der Waals surface area contributed by atoms with Crippen LogP contribution in [0.3, 0.4) is 0 Å². The third kappa shape index (κ3) is 4.74. The Morgan fingerprint density at radius 2 is 1.79 bits per heavy atom. The number of aromatic nitrogens is 2. The summed E-state index contributed by atoms with van der Waals surface area (Å²) in [5.74, 6) is 0.248. The Balaban J connectivity index is 1.33. The molecule has 0 atom stereocenters. The van der Waals surface area contributed by atoms with Gasteiger partial charge in [0.05, 0.1) is 18.9 Å². The molecule has 1 aliphatic rings. The van der Waals surface area contributed by atoms with E-state index in [-0.39, 0.29) is 5.97 Å². The van der Waals surface area contributed by atoms with Crippen molar-refractivity contribution in [2.24, 2.45) is 0 Å². The van der Waals surface area contributed by atoms with Crippen LogP contribution >= 0.6 is 0 Å². The minimum absolute atomic E-state index is 0.289. The molecule has 0 unspecified atom stereocenters. The third-order valence-corrected chi connectivity index (χ3v) is 5.77. The molecule has 2 heterocycles. The lowest BCUT2D eigenvalue weighted by molar-refractivity contribution is 0.0600. The van der Waals surface area contributed by atoms with Gasteiger partial charge >= 0.3 is 5.97 Å². The van der Waals surface area contributed by atoms with Gasteiger partial charge in [-0.2, -0.15) is 5.10 Å². The van der Waals surface area contributed by atoms with Gasteiger partial charge in [-0.15, -0.1) is 0 Å². The Hall–Kier alpha value is -2.92. The number of nitrogens with one attached hydrogen (secondary N) is 1. The summed E-state index contributed by atoms with van der Waals surface area (Å²) in [6, 6.07) is 18.3. The minimum atomic E-state index is -0.289. The van der Waals surface area contributed by atoms with Crippen LogP contribution in [0.1, 0.15) is 51.5 Å². The van der Waals surface area contributed by atoms with Crippen molar-refractivity contribution < 1.29 is 9.53 Å². The van der Waals surface area contributed by atoms with Crippen LogP contribution in [-0.4, -0.2) is 41.3 Å². The van der Waals surface area contributed by atoms with Crippen LogP contribution < -0.4 is 0 Å². The molecule has 0 bridgehead atoms. The highest BCUT2D eigenvalue weighted by Crippen LogP contribution is 2.30. The molecule has 1 aromatic heterocycles. The van der Waals surface area contributed by atoms with Crippen LogP contribution in [0.25, 0.3) is 0 Å². The molecule has 29 heavy (non-hydrogen) atoms. The van der Waals surface area contributed by atoms with Crippen LogP contribution in [0, 0.1) is 0 Å². The Morgan fingerprint density at radius 1 is 1.07 bits per heavy atom. The van der Waals surface area contributed by atoms with Crippen molar-refractivity contribution in [2.45, 2.75) is 31.7 Å². The molecule has 2 aromatic carbocycles. The highest BCUT2D eigenvalue weighted by molar-refractivity contribution is 5.89. The number of esters is 1. The van der Waals surface area contributed by atoms with Gasteiger partial charge in [0.25, 0.3) is 0 Å². The van der Waals surface area contributed by atoms with Gasteiger partial charge in [-0.05, 0) is 54.8 Å². The normalized spacial score (nSPS) is 15.3. The van der Waals surface area contributed by atoms with Gasteiger partial charge < -0.3 is 4.74 Å². The zero-order valence-electron chi connectivity index (χ0n) is 16.8. The van der Waals surface area contributed by atoms with Crippen LogP contribution in [0.5, 0.6) is 0 Å². The minimum Gasteiger partial charge on any atom is -0.465 e. The molecule has 1 aliphatic heterocycles. The lowest BCUT2D eigenvalue weighted by Gasteiger charge is -2.32. The average Bonchev–Trinajstić information content (AvgIpc) is 3.23. The Bertz CT molecular complexity index is 926. The van der Waals surface area contributed by atoms with E-state index < -0.39 is 0 Å². The predicted molar refractivity (Wildman–Crippen MR) is 113 cm³/mol. The number of hydrogen-bond acceptors (Lipinski definition) is 4. The number of carbonyl (C=O) groups is 1. The van der Waals surface area contributed by atoms with E-state index in [0.717, 1.165) is 38.9 Å². The summed E-state index contributed by atoms with van der Waals surface area (Å²) in [5, 5.41) is 7.60. The zero-order chi connectivity index (χ0) is 20.1. The van der Waals surface area contributed by atoms with E-state index in [1.807, 2.05) is 30.5 Å². The number of carbonyl (C=O) groups excluding carboxylic acids is 1. The second-order valence-corrected chi connectivity index (χ2v) is 7.71. The molecule has 1 saturated heterocycles. The molecular weight excluding hydrogens is 362 g/mol. The fraction of sp³-hybridized carbons (Fsp3) is 0.333. The maximum Gasteiger partial charge on any atom is 0.337 e. The molecule has 0 spiro atoms. The standard InChI is InChI=1S/C24H27N3O2/c1-29-24(28)21-9-7-19(8-10-21)17-27-13-11-20(12-14-27)23-22(16-25-26-23)15-18-5-3-2-4-6-18/h2-10,16,20H,11-15,17H2,1H3,(H,25,26). The number of piperidine rings is 1. The quantitative estimate of drug-likeness (QED) is 0.643. The van der Waals surface area contributed by atoms with E-state index in [9.17, 15) is 4.79 Å². The molecule has 3 aromatic rings. The highest BCUT2D eigenvalue weighted by atomic mass is 16.5. The molecule has 0 aliphatic carbocycles. The molecule has 5 nitrogen and oxygen atoms in total. The fourth-order valence-corrected chi connectivity index (χ4v) is 4.13. The molecule has 0 radical (unpaired) electrons. The van der Waals surface area contributed by atoms with Gasteiger partial charge in [0.15, 0.2) is 0 Å². The summed E-state index contributed by atoms with van der Waals surface area (Å²) in [6.07, 6.45) is 5.17. The highest BCUT2D eigenvalue weighted by Gasteiger charge is 2.24.